The molecule has 0 fully saturated rings. The maximum atomic E-state index is 5.80. The lowest BCUT2D eigenvalue weighted by Gasteiger charge is -2.22. The predicted molar refractivity (Wildman–Crippen MR) is 64.1 cm³/mol. The lowest BCUT2D eigenvalue weighted by molar-refractivity contribution is 0.162. The van der Waals surface area contributed by atoms with E-state index in [0.717, 1.165) is 5.56 Å². The average molecular weight is 219 g/mol. The molecule has 4 heteroatoms. The lowest BCUT2D eigenvalue weighted by Crippen LogP contribution is -2.27. The molecule has 0 aliphatic heterocycles. The van der Waals surface area contributed by atoms with Gasteiger partial charge in [-0.1, -0.05) is 19.8 Å². The zero-order chi connectivity index (χ0) is 12.3. The van der Waals surface area contributed by atoms with Crippen molar-refractivity contribution in [3.63, 3.8) is 0 Å². The molecule has 0 atom stereocenters. The van der Waals surface area contributed by atoms with E-state index in [2.05, 4.69) is 15.9 Å². The Morgan fingerprint density at radius 3 is 2.56 bits per heavy atom. The molecular formula is C12H17N3O. The van der Waals surface area contributed by atoms with Gasteiger partial charge in [0.2, 0.25) is 5.88 Å². The van der Waals surface area contributed by atoms with Crippen molar-refractivity contribution in [3.8, 4) is 18.2 Å². The minimum absolute atomic E-state index is 0.185. The van der Waals surface area contributed by atoms with Crippen LogP contribution in [0.1, 0.15) is 39.2 Å². The minimum Gasteiger partial charge on any atom is -0.458 e. The Kier molecular flexibility index (Phi) is 3.38. The van der Waals surface area contributed by atoms with Gasteiger partial charge in [0.05, 0.1) is 5.56 Å². The number of ether oxygens (including phenoxy) is 1. The summed E-state index contributed by atoms with van der Waals surface area (Å²) in [5.41, 5.74) is 5.89. The zero-order valence-electron chi connectivity index (χ0n) is 10.1. The summed E-state index contributed by atoms with van der Waals surface area (Å²) in [4.78, 5) is 8.04. The van der Waals surface area contributed by atoms with Crippen LogP contribution in [0.25, 0.3) is 0 Å². The number of hydrogen-bond donors (Lipinski definition) is 1. The topological polar surface area (TPSA) is 61.0 Å². The Morgan fingerprint density at radius 2 is 2.06 bits per heavy atom. The molecule has 86 valence electrons. The summed E-state index contributed by atoms with van der Waals surface area (Å²) in [7, 11) is 0. The molecule has 1 heterocycles. The van der Waals surface area contributed by atoms with E-state index in [4.69, 9.17) is 16.9 Å². The number of hydrogen-bond acceptors (Lipinski definition) is 4. The highest BCUT2D eigenvalue weighted by Gasteiger charge is 2.21. The summed E-state index contributed by atoms with van der Waals surface area (Å²) in [6.45, 7) is 7.61. The first-order valence-corrected chi connectivity index (χ1v) is 5.14. The van der Waals surface area contributed by atoms with E-state index < -0.39 is 5.60 Å². The van der Waals surface area contributed by atoms with E-state index in [-0.39, 0.29) is 5.92 Å². The fourth-order valence-corrected chi connectivity index (χ4v) is 1.29. The van der Waals surface area contributed by atoms with Crippen molar-refractivity contribution in [1.82, 2.24) is 9.97 Å². The van der Waals surface area contributed by atoms with E-state index in [0.29, 0.717) is 11.7 Å². The molecule has 1 rings (SSSR count). The third kappa shape index (κ3) is 2.63. The van der Waals surface area contributed by atoms with Gasteiger partial charge < -0.3 is 10.5 Å². The normalized spacial score (nSPS) is 11.2. The van der Waals surface area contributed by atoms with Crippen LogP contribution < -0.4 is 10.5 Å². The second-order valence-corrected chi connectivity index (χ2v) is 4.39. The standard InChI is InChI=1S/C12H17N3O/c1-6-12(4,5)16-11-9(8(2)3)10(13)14-7-15-11/h1,7-8H,2-5H3,(H2,13,14,15). The summed E-state index contributed by atoms with van der Waals surface area (Å²) >= 11 is 0. The van der Waals surface area contributed by atoms with Gasteiger partial charge in [-0.2, -0.15) is 0 Å². The highest BCUT2D eigenvalue weighted by Crippen LogP contribution is 2.30. The van der Waals surface area contributed by atoms with Crippen molar-refractivity contribution < 1.29 is 4.74 Å². The molecule has 0 aromatic carbocycles. The Morgan fingerprint density at radius 1 is 1.44 bits per heavy atom. The molecule has 2 N–H and O–H groups in total. The molecule has 0 spiro atoms. The number of nitrogen functional groups attached to an aromatic ring is 1. The van der Waals surface area contributed by atoms with Crippen molar-refractivity contribution in [2.75, 3.05) is 5.73 Å². The number of rotatable bonds is 3. The quantitative estimate of drug-likeness (QED) is 0.789. The number of nitrogens with two attached hydrogens (primary N) is 1. The average Bonchev–Trinajstić information content (AvgIpc) is 2.16. The maximum absolute atomic E-state index is 5.80. The van der Waals surface area contributed by atoms with Gasteiger partial charge in [0.15, 0.2) is 5.60 Å². The largest absolute Gasteiger partial charge is 0.458 e. The van der Waals surface area contributed by atoms with Gasteiger partial charge in [-0.15, -0.1) is 6.42 Å². The number of nitrogens with zero attached hydrogens (tertiary/aromatic N) is 2. The molecule has 0 amide bonds. The summed E-state index contributed by atoms with van der Waals surface area (Å²) in [5.74, 6) is 3.64. The van der Waals surface area contributed by atoms with Crippen molar-refractivity contribution in [1.29, 1.82) is 0 Å². The molecule has 0 bridgehead atoms. The zero-order valence-corrected chi connectivity index (χ0v) is 10.1. The van der Waals surface area contributed by atoms with Crippen molar-refractivity contribution in [3.05, 3.63) is 11.9 Å². The minimum atomic E-state index is -0.704. The van der Waals surface area contributed by atoms with E-state index in [9.17, 15) is 0 Å². The van der Waals surface area contributed by atoms with Crippen molar-refractivity contribution in [2.45, 2.75) is 39.2 Å². The summed E-state index contributed by atoms with van der Waals surface area (Å²) < 4.78 is 5.66. The molecule has 0 saturated heterocycles. The fourth-order valence-electron chi connectivity index (χ4n) is 1.29. The predicted octanol–water partition coefficient (Wildman–Crippen LogP) is 1.97. The van der Waals surface area contributed by atoms with E-state index >= 15 is 0 Å². The molecular weight excluding hydrogens is 202 g/mol. The monoisotopic (exact) mass is 219 g/mol. The molecule has 0 aliphatic rings. The first kappa shape index (κ1) is 12.3. The molecule has 16 heavy (non-hydrogen) atoms. The third-order valence-electron chi connectivity index (χ3n) is 2.15. The summed E-state index contributed by atoms with van der Waals surface area (Å²) in [5, 5.41) is 0. The first-order chi connectivity index (χ1) is 7.37. The van der Waals surface area contributed by atoms with E-state index in [1.54, 1.807) is 13.8 Å². The van der Waals surface area contributed by atoms with Crippen LogP contribution in [0.4, 0.5) is 5.82 Å². The van der Waals surface area contributed by atoms with Crippen LogP contribution in [0.15, 0.2) is 6.33 Å². The van der Waals surface area contributed by atoms with Crippen LogP contribution in [0.2, 0.25) is 0 Å². The van der Waals surface area contributed by atoms with Gasteiger partial charge in [0, 0.05) is 0 Å². The van der Waals surface area contributed by atoms with Crippen LogP contribution in [-0.4, -0.2) is 15.6 Å². The second kappa shape index (κ2) is 4.40. The van der Waals surface area contributed by atoms with E-state index in [1.165, 1.54) is 6.33 Å². The Balaban J connectivity index is 3.15. The molecule has 4 nitrogen and oxygen atoms in total. The molecule has 0 radical (unpaired) electrons. The van der Waals surface area contributed by atoms with Crippen molar-refractivity contribution >= 4 is 5.82 Å². The van der Waals surface area contributed by atoms with Gasteiger partial charge in [-0.3, -0.25) is 0 Å². The summed E-state index contributed by atoms with van der Waals surface area (Å²) in [6.07, 6.45) is 6.75. The SMILES string of the molecule is C#CC(C)(C)Oc1ncnc(N)c1C(C)C. The number of anilines is 1. The maximum Gasteiger partial charge on any atom is 0.223 e. The third-order valence-corrected chi connectivity index (χ3v) is 2.15. The van der Waals surface area contributed by atoms with Gasteiger partial charge in [-0.25, -0.2) is 9.97 Å². The molecule has 1 aromatic heterocycles. The molecule has 0 saturated carbocycles. The van der Waals surface area contributed by atoms with Gasteiger partial charge in [0.25, 0.3) is 0 Å². The Hall–Kier alpha value is -1.76. The van der Waals surface area contributed by atoms with Crippen molar-refractivity contribution in [2.24, 2.45) is 0 Å². The number of terminal acetylenes is 1. The Labute approximate surface area is 96.2 Å². The van der Waals surface area contributed by atoms with Crippen LogP contribution >= 0.6 is 0 Å². The van der Waals surface area contributed by atoms with Gasteiger partial charge in [0.1, 0.15) is 12.1 Å². The molecule has 1 aromatic rings. The Bertz CT molecular complexity index is 419. The number of aromatic nitrogens is 2. The van der Waals surface area contributed by atoms with Crippen LogP contribution in [0.3, 0.4) is 0 Å². The summed E-state index contributed by atoms with van der Waals surface area (Å²) in [6, 6.07) is 0. The lowest BCUT2D eigenvalue weighted by atomic mass is 10.1. The second-order valence-electron chi connectivity index (χ2n) is 4.39. The van der Waals surface area contributed by atoms with Crippen LogP contribution in [0.5, 0.6) is 5.88 Å². The smallest absolute Gasteiger partial charge is 0.223 e. The highest BCUT2D eigenvalue weighted by molar-refractivity contribution is 5.47. The van der Waals surface area contributed by atoms with Gasteiger partial charge in [-0.05, 0) is 19.8 Å². The van der Waals surface area contributed by atoms with E-state index in [1.807, 2.05) is 13.8 Å². The molecule has 0 unspecified atom stereocenters. The first-order valence-electron chi connectivity index (χ1n) is 5.14. The highest BCUT2D eigenvalue weighted by atomic mass is 16.5. The van der Waals surface area contributed by atoms with Crippen LogP contribution in [-0.2, 0) is 0 Å². The van der Waals surface area contributed by atoms with Crippen LogP contribution in [0, 0.1) is 12.3 Å². The fraction of sp³-hybridized carbons (Fsp3) is 0.500. The molecule has 0 aliphatic carbocycles. The van der Waals surface area contributed by atoms with Gasteiger partial charge >= 0.3 is 0 Å².